The Morgan fingerprint density at radius 2 is 2.35 bits per heavy atom. The normalized spacial score (nSPS) is 22.4. The second kappa shape index (κ2) is 6.70. The number of carbonyl (C=O) groups excluding carboxylic acids is 1. The zero-order valence-corrected chi connectivity index (χ0v) is 12.3. The van der Waals surface area contributed by atoms with E-state index in [0.29, 0.717) is 5.88 Å². The molecular formula is C15H22N2O3. The van der Waals surface area contributed by atoms with Crippen molar-refractivity contribution in [3.8, 4) is 5.88 Å². The van der Waals surface area contributed by atoms with E-state index in [1.54, 1.807) is 13.2 Å². The molecule has 1 aliphatic heterocycles. The molecule has 2 heterocycles. The molecule has 0 radical (unpaired) electrons. The van der Waals surface area contributed by atoms with Gasteiger partial charge in [-0.05, 0) is 32.3 Å². The first-order chi connectivity index (χ1) is 9.65. The first kappa shape index (κ1) is 14.8. The summed E-state index contributed by atoms with van der Waals surface area (Å²) in [4.78, 5) is 16.7. The third kappa shape index (κ3) is 3.28. The Morgan fingerprint density at radius 3 is 3.00 bits per heavy atom. The van der Waals surface area contributed by atoms with Crippen LogP contribution >= 0.6 is 0 Å². The van der Waals surface area contributed by atoms with Crippen LogP contribution in [0.5, 0.6) is 5.88 Å². The van der Waals surface area contributed by atoms with Crippen LogP contribution in [0.1, 0.15) is 31.9 Å². The lowest BCUT2D eigenvalue weighted by atomic mass is 9.91. The van der Waals surface area contributed by atoms with Crippen LogP contribution in [-0.2, 0) is 9.53 Å². The summed E-state index contributed by atoms with van der Waals surface area (Å²) in [6, 6.07) is 3.57. The van der Waals surface area contributed by atoms with Gasteiger partial charge in [0.1, 0.15) is 0 Å². The van der Waals surface area contributed by atoms with E-state index in [9.17, 15) is 4.79 Å². The summed E-state index contributed by atoms with van der Waals surface area (Å²) in [7, 11) is 1.57. The lowest BCUT2D eigenvalue weighted by Gasteiger charge is -2.30. The molecule has 110 valence electrons. The second-order valence-corrected chi connectivity index (χ2v) is 5.04. The quantitative estimate of drug-likeness (QED) is 0.919. The highest BCUT2D eigenvalue weighted by Crippen LogP contribution is 2.25. The third-order valence-corrected chi connectivity index (χ3v) is 3.71. The molecule has 2 rings (SSSR count). The maximum atomic E-state index is 12.4. The summed E-state index contributed by atoms with van der Waals surface area (Å²) in [5, 5.41) is 2.96. The van der Waals surface area contributed by atoms with Crippen molar-refractivity contribution in [2.45, 2.75) is 39.2 Å². The number of pyridine rings is 1. The summed E-state index contributed by atoms with van der Waals surface area (Å²) in [5.41, 5.74) is 1.48. The molecule has 1 aromatic heterocycles. The number of nitrogens with zero attached hydrogens (tertiary/aromatic N) is 1. The van der Waals surface area contributed by atoms with Crippen molar-refractivity contribution < 1.29 is 14.3 Å². The van der Waals surface area contributed by atoms with Crippen molar-refractivity contribution in [2.75, 3.05) is 19.0 Å². The van der Waals surface area contributed by atoms with E-state index in [1.807, 2.05) is 13.0 Å². The zero-order valence-electron chi connectivity index (χ0n) is 12.3. The number of carbonyl (C=O) groups is 1. The number of hydrogen-bond acceptors (Lipinski definition) is 4. The molecule has 0 saturated carbocycles. The summed E-state index contributed by atoms with van der Waals surface area (Å²) in [6.07, 6.45) is 2.70. The number of amides is 1. The van der Waals surface area contributed by atoms with Crippen molar-refractivity contribution in [1.82, 2.24) is 4.98 Å². The molecular weight excluding hydrogens is 256 g/mol. The van der Waals surface area contributed by atoms with Gasteiger partial charge in [-0.15, -0.1) is 0 Å². The van der Waals surface area contributed by atoms with Gasteiger partial charge in [-0.3, -0.25) is 4.79 Å². The van der Waals surface area contributed by atoms with E-state index in [2.05, 4.69) is 17.2 Å². The minimum absolute atomic E-state index is 0.0200. The highest BCUT2D eigenvalue weighted by Gasteiger charge is 2.30. The largest absolute Gasteiger partial charge is 0.481 e. The Balaban J connectivity index is 2.07. The number of nitrogens with one attached hydrogen (secondary N) is 1. The highest BCUT2D eigenvalue weighted by molar-refractivity contribution is 5.93. The topological polar surface area (TPSA) is 60.5 Å². The van der Waals surface area contributed by atoms with E-state index >= 15 is 0 Å². The van der Waals surface area contributed by atoms with Crippen LogP contribution in [0.3, 0.4) is 0 Å². The Kier molecular flexibility index (Phi) is 4.95. The van der Waals surface area contributed by atoms with Crippen molar-refractivity contribution in [3.05, 3.63) is 17.8 Å². The number of aryl methyl sites for hydroxylation is 1. The summed E-state index contributed by atoms with van der Waals surface area (Å²) in [5.74, 6) is 0.495. The molecule has 0 aliphatic carbocycles. The standard InChI is InChI=1S/C15H22N2O3/c1-4-13-11(6-5-9-20-13)15(18)17-12-7-8-14(19-3)16-10(12)2/h7-8,11,13H,4-6,9H2,1-3H3,(H,17,18). The SMILES string of the molecule is CCC1OCCCC1C(=O)Nc1ccc(OC)nc1C. The van der Waals surface area contributed by atoms with Gasteiger partial charge in [-0.1, -0.05) is 6.92 Å². The van der Waals surface area contributed by atoms with Gasteiger partial charge in [0, 0.05) is 12.7 Å². The van der Waals surface area contributed by atoms with Crippen LogP contribution in [0.15, 0.2) is 12.1 Å². The van der Waals surface area contributed by atoms with Gasteiger partial charge in [0.2, 0.25) is 11.8 Å². The van der Waals surface area contributed by atoms with E-state index in [0.717, 1.165) is 37.3 Å². The summed E-state index contributed by atoms with van der Waals surface area (Å²) >= 11 is 0. The molecule has 20 heavy (non-hydrogen) atoms. The van der Waals surface area contributed by atoms with Crippen LogP contribution in [0.4, 0.5) is 5.69 Å². The van der Waals surface area contributed by atoms with Crippen molar-refractivity contribution in [2.24, 2.45) is 5.92 Å². The van der Waals surface area contributed by atoms with Gasteiger partial charge in [0.25, 0.3) is 0 Å². The zero-order chi connectivity index (χ0) is 14.5. The maximum Gasteiger partial charge on any atom is 0.230 e. The lowest BCUT2D eigenvalue weighted by Crippen LogP contribution is -2.38. The molecule has 0 aromatic carbocycles. The number of anilines is 1. The fourth-order valence-electron chi connectivity index (χ4n) is 2.55. The first-order valence-electron chi connectivity index (χ1n) is 7.09. The van der Waals surface area contributed by atoms with Gasteiger partial charge >= 0.3 is 0 Å². The van der Waals surface area contributed by atoms with E-state index in [1.165, 1.54) is 0 Å². The molecule has 1 fully saturated rings. The van der Waals surface area contributed by atoms with E-state index in [-0.39, 0.29) is 17.9 Å². The average molecular weight is 278 g/mol. The molecule has 1 amide bonds. The van der Waals surface area contributed by atoms with Gasteiger partial charge < -0.3 is 14.8 Å². The number of ether oxygens (including phenoxy) is 2. The number of methoxy groups -OCH3 is 1. The average Bonchev–Trinajstić information content (AvgIpc) is 2.49. The minimum atomic E-state index is -0.0738. The van der Waals surface area contributed by atoms with E-state index in [4.69, 9.17) is 9.47 Å². The smallest absolute Gasteiger partial charge is 0.230 e. The molecule has 5 nitrogen and oxygen atoms in total. The molecule has 1 N–H and O–H groups in total. The van der Waals surface area contributed by atoms with Crippen molar-refractivity contribution in [3.63, 3.8) is 0 Å². The fourth-order valence-corrected chi connectivity index (χ4v) is 2.55. The molecule has 1 saturated heterocycles. The van der Waals surface area contributed by atoms with Crippen LogP contribution < -0.4 is 10.1 Å². The van der Waals surface area contributed by atoms with Gasteiger partial charge in [-0.25, -0.2) is 4.98 Å². The summed E-state index contributed by atoms with van der Waals surface area (Å²) in [6.45, 7) is 4.66. The first-order valence-corrected chi connectivity index (χ1v) is 7.09. The van der Waals surface area contributed by atoms with Crippen LogP contribution in [0.25, 0.3) is 0 Å². The minimum Gasteiger partial charge on any atom is -0.481 e. The van der Waals surface area contributed by atoms with E-state index < -0.39 is 0 Å². The van der Waals surface area contributed by atoms with Crippen LogP contribution in [0.2, 0.25) is 0 Å². The highest BCUT2D eigenvalue weighted by atomic mass is 16.5. The monoisotopic (exact) mass is 278 g/mol. The molecule has 1 aromatic rings. The lowest BCUT2D eigenvalue weighted by molar-refractivity contribution is -0.129. The van der Waals surface area contributed by atoms with Crippen LogP contribution in [-0.4, -0.2) is 30.7 Å². The molecule has 2 unspecified atom stereocenters. The molecule has 5 heteroatoms. The number of rotatable bonds is 4. The maximum absolute atomic E-state index is 12.4. The van der Waals surface area contributed by atoms with Gasteiger partial charge in [-0.2, -0.15) is 0 Å². The molecule has 0 spiro atoms. The van der Waals surface area contributed by atoms with Crippen molar-refractivity contribution >= 4 is 11.6 Å². The summed E-state index contributed by atoms with van der Waals surface area (Å²) < 4.78 is 10.7. The van der Waals surface area contributed by atoms with Gasteiger partial charge in [0.15, 0.2) is 0 Å². The fraction of sp³-hybridized carbons (Fsp3) is 0.600. The molecule has 2 atom stereocenters. The van der Waals surface area contributed by atoms with Crippen LogP contribution in [0, 0.1) is 12.8 Å². The van der Waals surface area contributed by atoms with Gasteiger partial charge in [0.05, 0.1) is 30.5 Å². The van der Waals surface area contributed by atoms with Crippen molar-refractivity contribution in [1.29, 1.82) is 0 Å². The second-order valence-electron chi connectivity index (χ2n) is 5.04. The Hall–Kier alpha value is -1.62. The third-order valence-electron chi connectivity index (χ3n) is 3.71. The number of aromatic nitrogens is 1. The Morgan fingerprint density at radius 1 is 1.55 bits per heavy atom. The Labute approximate surface area is 119 Å². The number of hydrogen-bond donors (Lipinski definition) is 1. The predicted octanol–water partition coefficient (Wildman–Crippen LogP) is 2.54. The Bertz CT molecular complexity index is 476. The molecule has 1 aliphatic rings. The predicted molar refractivity (Wildman–Crippen MR) is 76.9 cm³/mol. The molecule has 0 bridgehead atoms.